The first kappa shape index (κ1) is 36.3. The maximum absolute atomic E-state index is 6.82. The molecule has 0 saturated carbocycles. The first-order chi connectivity index (χ1) is 23.6. The van der Waals surface area contributed by atoms with Crippen molar-refractivity contribution in [3.05, 3.63) is 218 Å². The number of nitrogens with one attached hydrogen (secondary N) is 2. The lowest BCUT2D eigenvalue weighted by atomic mass is 9.98. The Bertz CT molecular complexity index is 1870. The molecule has 3 nitrogen and oxygen atoms in total. The molecule has 0 fully saturated rings. The monoisotopic (exact) mass is 627 g/mol. The van der Waals surface area contributed by atoms with E-state index in [1.54, 1.807) is 0 Å². The second-order valence-electron chi connectivity index (χ2n) is 10.6. The van der Waals surface area contributed by atoms with Crippen LogP contribution in [0.2, 0.25) is 0 Å². The van der Waals surface area contributed by atoms with Gasteiger partial charge in [0.05, 0.1) is 0 Å². The molecule has 6 aromatic rings. The highest BCUT2D eigenvalue weighted by molar-refractivity contribution is 5.85. The third kappa shape index (κ3) is 12.3. The van der Waals surface area contributed by atoms with Gasteiger partial charge in [-0.2, -0.15) is 0 Å². The van der Waals surface area contributed by atoms with Gasteiger partial charge in [-0.3, -0.25) is 0 Å². The van der Waals surface area contributed by atoms with E-state index in [2.05, 4.69) is 116 Å². The standard InChI is InChI=1S/C26H25N.C10H9N.C7H7N.C2H4/c1-21(8-6-7-19-27-2)24-15-17-26(18-16-24)25-13-11-23(12-14-25)20-22-9-4-3-5-10-22;11-10-6-5-8-3-1-2-4-9(8)7-10;8-6-7-4-2-1-3-5-7;1-2/h3-19,27H,1,20H2,2H3;1-7H,11H2;1-6,8H;1-2H2/b8-6-,19-7-;;;. The number of hydrogen-bond acceptors (Lipinski definition) is 3. The third-order valence-corrected chi connectivity index (χ3v) is 7.21. The zero-order valence-electron chi connectivity index (χ0n) is 27.7. The van der Waals surface area contributed by atoms with E-state index in [0.717, 1.165) is 28.8 Å². The molecule has 0 spiro atoms. The Morgan fingerprint density at radius 2 is 1.19 bits per heavy atom. The second-order valence-corrected chi connectivity index (χ2v) is 10.6. The lowest BCUT2D eigenvalue weighted by molar-refractivity contribution is 1.10. The molecule has 6 rings (SSSR count). The predicted molar refractivity (Wildman–Crippen MR) is 211 cm³/mol. The Morgan fingerprint density at radius 1 is 0.646 bits per heavy atom. The number of fused-ring (bicyclic) bond motifs is 1. The van der Waals surface area contributed by atoms with Gasteiger partial charge in [-0.25, -0.2) is 0 Å². The van der Waals surface area contributed by atoms with Crippen LogP contribution in [-0.4, -0.2) is 13.3 Å². The molecular formula is C45H45N3. The first-order valence-corrected chi connectivity index (χ1v) is 15.8. The van der Waals surface area contributed by atoms with Crippen LogP contribution >= 0.6 is 0 Å². The van der Waals surface area contributed by atoms with Gasteiger partial charge < -0.3 is 16.5 Å². The molecule has 0 bridgehead atoms. The van der Waals surface area contributed by atoms with Crippen molar-refractivity contribution in [2.75, 3.05) is 12.8 Å². The summed E-state index contributed by atoms with van der Waals surface area (Å²) in [5.41, 5.74) is 14.7. The lowest BCUT2D eigenvalue weighted by Crippen LogP contribution is -1.89. The van der Waals surface area contributed by atoms with Crippen LogP contribution in [0, 0.1) is 5.41 Å². The van der Waals surface area contributed by atoms with Crippen molar-refractivity contribution in [1.82, 2.24) is 5.32 Å². The molecule has 240 valence electrons. The fourth-order valence-electron chi connectivity index (χ4n) is 4.70. The number of hydrogen-bond donors (Lipinski definition) is 3. The number of allylic oxidation sites excluding steroid dienone is 4. The Kier molecular flexibility index (Phi) is 15.7. The van der Waals surface area contributed by atoms with Gasteiger partial charge in [0.1, 0.15) is 0 Å². The number of nitrogen functional groups attached to an aromatic ring is 1. The minimum Gasteiger partial charge on any atom is -0.399 e. The number of nitrogens with two attached hydrogens (primary N) is 1. The van der Waals surface area contributed by atoms with Crippen molar-refractivity contribution in [3.8, 4) is 11.1 Å². The van der Waals surface area contributed by atoms with E-state index < -0.39 is 0 Å². The summed E-state index contributed by atoms with van der Waals surface area (Å²) in [6.07, 6.45) is 10.1. The largest absolute Gasteiger partial charge is 0.399 e. The minimum atomic E-state index is 0.823. The van der Waals surface area contributed by atoms with Crippen molar-refractivity contribution in [3.63, 3.8) is 0 Å². The molecule has 4 N–H and O–H groups in total. The van der Waals surface area contributed by atoms with Gasteiger partial charge in [-0.1, -0.05) is 158 Å². The van der Waals surface area contributed by atoms with Crippen molar-refractivity contribution >= 4 is 28.2 Å². The summed E-state index contributed by atoms with van der Waals surface area (Å²) in [4.78, 5) is 0. The normalized spacial score (nSPS) is 10.1. The zero-order valence-corrected chi connectivity index (χ0v) is 27.7. The van der Waals surface area contributed by atoms with Gasteiger partial charge in [0, 0.05) is 18.9 Å². The average molecular weight is 628 g/mol. The average Bonchev–Trinajstić information content (AvgIpc) is 3.16. The SMILES string of the molecule is C=C.C=C(/C=C\C=C/NC)c1ccc(-c2ccc(Cc3ccccc3)cc2)cc1.N=Cc1ccccc1.Nc1ccc2ccccc2c1. The van der Waals surface area contributed by atoms with E-state index in [4.69, 9.17) is 11.1 Å². The molecule has 0 aromatic heterocycles. The summed E-state index contributed by atoms with van der Waals surface area (Å²) in [5, 5.41) is 12.2. The molecule has 0 amide bonds. The molecular weight excluding hydrogens is 583 g/mol. The van der Waals surface area contributed by atoms with E-state index in [-0.39, 0.29) is 0 Å². The molecule has 0 aliphatic heterocycles. The molecule has 0 aliphatic carbocycles. The fourth-order valence-corrected chi connectivity index (χ4v) is 4.70. The summed E-state index contributed by atoms with van der Waals surface area (Å²) in [6, 6.07) is 51.6. The van der Waals surface area contributed by atoms with Crippen molar-refractivity contribution < 1.29 is 0 Å². The Balaban J connectivity index is 0.000000241. The van der Waals surface area contributed by atoms with Crippen LogP contribution in [0.25, 0.3) is 27.5 Å². The summed E-state index contributed by atoms with van der Waals surface area (Å²) in [6.45, 7) is 10.1. The highest BCUT2D eigenvalue weighted by atomic mass is 14.8. The highest BCUT2D eigenvalue weighted by Crippen LogP contribution is 2.24. The van der Waals surface area contributed by atoms with Gasteiger partial charge in [-0.05, 0) is 80.6 Å². The molecule has 48 heavy (non-hydrogen) atoms. The summed E-state index contributed by atoms with van der Waals surface area (Å²) in [7, 11) is 1.88. The molecule has 0 heterocycles. The van der Waals surface area contributed by atoms with Crippen molar-refractivity contribution in [2.45, 2.75) is 6.42 Å². The summed E-state index contributed by atoms with van der Waals surface area (Å²) >= 11 is 0. The third-order valence-electron chi connectivity index (χ3n) is 7.21. The zero-order chi connectivity index (χ0) is 34.4. The van der Waals surface area contributed by atoms with Crippen LogP contribution in [-0.2, 0) is 6.42 Å². The van der Waals surface area contributed by atoms with Crippen LogP contribution in [0.4, 0.5) is 5.69 Å². The lowest BCUT2D eigenvalue weighted by Gasteiger charge is -2.07. The fraction of sp³-hybridized carbons (Fsp3) is 0.0444. The maximum atomic E-state index is 6.82. The molecule has 0 saturated heterocycles. The van der Waals surface area contributed by atoms with Crippen LogP contribution in [0.3, 0.4) is 0 Å². The molecule has 0 aliphatic rings. The van der Waals surface area contributed by atoms with E-state index in [9.17, 15) is 0 Å². The van der Waals surface area contributed by atoms with Crippen LogP contribution < -0.4 is 11.1 Å². The van der Waals surface area contributed by atoms with Gasteiger partial charge in [0.15, 0.2) is 0 Å². The number of rotatable bonds is 8. The molecule has 0 unspecified atom stereocenters. The van der Waals surface area contributed by atoms with E-state index in [1.165, 1.54) is 39.2 Å². The van der Waals surface area contributed by atoms with Gasteiger partial charge in [0.25, 0.3) is 0 Å². The second kappa shape index (κ2) is 20.8. The smallest absolute Gasteiger partial charge is 0.0320 e. The van der Waals surface area contributed by atoms with Crippen LogP contribution in [0.15, 0.2) is 196 Å². The van der Waals surface area contributed by atoms with E-state index in [1.807, 2.05) is 92.1 Å². The molecule has 0 atom stereocenters. The van der Waals surface area contributed by atoms with Crippen molar-refractivity contribution in [2.24, 2.45) is 0 Å². The predicted octanol–water partition coefficient (Wildman–Crippen LogP) is 11.2. The topological polar surface area (TPSA) is 61.9 Å². The number of benzene rings is 6. The summed E-state index contributed by atoms with van der Waals surface area (Å²) < 4.78 is 0. The number of anilines is 1. The van der Waals surface area contributed by atoms with E-state index in [0.29, 0.717) is 0 Å². The molecule has 3 heteroatoms. The van der Waals surface area contributed by atoms with Crippen LogP contribution in [0.1, 0.15) is 22.3 Å². The quantitative estimate of drug-likeness (QED) is 0.0680. The van der Waals surface area contributed by atoms with Gasteiger partial charge >= 0.3 is 0 Å². The maximum Gasteiger partial charge on any atom is 0.0320 e. The highest BCUT2D eigenvalue weighted by Gasteiger charge is 2.01. The Labute approximate surface area is 286 Å². The first-order valence-electron chi connectivity index (χ1n) is 15.8. The van der Waals surface area contributed by atoms with Crippen LogP contribution in [0.5, 0.6) is 0 Å². The Hall–Kier alpha value is -6.19. The van der Waals surface area contributed by atoms with Gasteiger partial charge in [-0.15, -0.1) is 13.2 Å². The Morgan fingerprint density at radius 3 is 1.77 bits per heavy atom. The van der Waals surface area contributed by atoms with E-state index >= 15 is 0 Å². The molecule has 0 radical (unpaired) electrons. The summed E-state index contributed by atoms with van der Waals surface area (Å²) in [5.74, 6) is 0. The van der Waals surface area contributed by atoms with Crippen molar-refractivity contribution in [1.29, 1.82) is 5.41 Å². The minimum absolute atomic E-state index is 0.823. The van der Waals surface area contributed by atoms with Gasteiger partial charge in [0.2, 0.25) is 0 Å². The molecule has 6 aromatic carbocycles.